The van der Waals surface area contributed by atoms with Crippen molar-refractivity contribution < 1.29 is 22.8 Å². The number of hydrogen-bond donors (Lipinski definition) is 2. The van der Waals surface area contributed by atoms with Gasteiger partial charge in [0.2, 0.25) is 0 Å². The summed E-state index contributed by atoms with van der Waals surface area (Å²) in [5.74, 6) is -0.877. The summed E-state index contributed by atoms with van der Waals surface area (Å²) < 4.78 is 36.9. The van der Waals surface area contributed by atoms with Gasteiger partial charge in [0.1, 0.15) is 0 Å². The van der Waals surface area contributed by atoms with Crippen molar-refractivity contribution in [3.63, 3.8) is 0 Å². The lowest BCUT2D eigenvalue weighted by molar-refractivity contribution is -0.0328. The molecule has 0 aromatic heterocycles. The van der Waals surface area contributed by atoms with Crippen LogP contribution in [-0.4, -0.2) is 24.4 Å². The van der Waals surface area contributed by atoms with Gasteiger partial charge in [-0.1, -0.05) is 12.1 Å². The monoisotopic (exact) mass is 354 g/mol. The summed E-state index contributed by atoms with van der Waals surface area (Å²) in [5.41, 5.74) is -3.59. The number of nitrogens with one attached hydrogen (secondary N) is 2. The fourth-order valence-electron chi connectivity index (χ4n) is 1.93. The SMILES string of the molecule is CNC(=O)c1ccccc1NC(=O)c1ccc(SC(F)(F)F)cc1. The summed E-state index contributed by atoms with van der Waals surface area (Å²) >= 11 is -0.250. The summed E-state index contributed by atoms with van der Waals surface area (Å²) in [6.45, 7) is 0. The van der Waals surface area contributed by atoms with Crippen LogP contribution in [0.25, 0.3) is 0 Å². The van der Waals surface area contributed by atoms with Gasteiger partial charge in [-0.15, -0.1) is 0 Å². The minimum absolute atomic E-state index is 0.00943. The smallest absolute Gasteiger partial charge is 0.355 e. The summed E-state index contributed by atoms with van der Waals surface area (Å²) in [6.07, 6.45) is 0. The number of rotatable bonds is 4. The van der Waals surface area contributed by atoms with E-state index >= 15 is 0 Å². The van der Waals surface area contributed by atoms with E-state index in [1.807, 2.05) is 0 Å². The van der Waals surface area contributed by atoms with Gasteiger partial charge in [-0.2, -0.15) is 13.2 Å². The molecule has 24 heavy (non-hydrogen) atoms. The first-order valence-corrected chi connectivity index (χ1v) is 7.60. The zero-order valence-electron chi connectivity index (χ0n) is 12.5. The Morgan fingerprint density at radius 2 is 1.58 bits per heavy atom. The molecule has 2 amide bonds. The van der Waals surface area contributed by atoms with Crippen LogP contribution in [-0.2, 0) is 0 Å². The van der Waals surface area contributed by atoms with E-state index in [1.165, 1.54) is 31.3 Å². The molecule has 0 aliphatic rings. The molecule has 0 saturated carbocycles. The van der Waals surface area contributed by atoms with E-state index in [4.69, 9.17) is 0 Å². The molecule has 0 fully saturated rings. The number of amides is 2. The molecule has 4 nitrogen and oxygen atoms in total. The molecule has 0 heterocycles. The normalized spacial score (nSPS) is 11.0. The van der Waals surface area contributed by atoms with Gasteiger partial charge >= 0.3 is 5.51 Å². The number of para-hydroxylation sites is 1. The van der Waals surface area contributed by atoms with E-state index in [-0.39, 0.29) is 33.7 Å². The third-order valence-corrected chi connectivity index (χ3v) is 3.74. The van der Waals surface area contributed by atoms with Crippen molar-refractivity contribution in [2.24, 2.45) is 0 Å². The second-order valence-corrected chi connectivity index (χ2v) is 5.79. The molecule has 2 aromatic carbocycles. The molecular formula is C16H13F3N2O2S. The lowest BCUT2D eigenvalue weighted by Gasteiger charge is -2.10. The Morgan fingerprint density at radius 1 is 0.958 bits per heavy atom. The number of alkyl halides is 3. The highest BCUT2D eigenvalue weighted by atomic mass is 32.2. The molecule has 8 heteroatoms. The van der Waals surface area contributed by atoms with Crippen LogP contribution in [0.4, 0.5) is 18.9 Å². The predicted octanol–water partition coefficient (Wildman–Crippen LogP) is 3.91. The van der Waals surface area contributed by atoms with Crippen LogP contribution < -0.4 is 10.6 Å². The van der Waals surface area contributed by atoms with Crippen molar-refractivity contribution in [3.05, 3.63) is 59.7 Å². The van der Waals surface area contributed by atoms with Crippen LogP contribution in [0, 0.1) is 0 Å². The van der Waals surface area contributed by atoms with Gasteiger partial charge in [-0.05, 0) is 48.2 Å². The van der Waals surface area contributed by atoms with Gasteiger partial charge in [-0.25, -0.2) is 0 Å². The number of benzene rings is 2. The van der Waals surface area contributed by atoms with Crippen molar-refractivity contribution in [3.8, 4) is 0 Å². The number of carbonyl (C=O) groups is 2. The lowest BCUT2D eigenvalue weighted by Crippen LogP contribution is -2.21. The third-order valence-electron chi connectivity index (χ3n) is 3.00. The lowest BCUT2D eigenvalue weighted by atomic mass is 10.1. The Hall–Kier alpha value is -2.48. The Bertz CT molecular complexity index is 746. The Balaban J connectivity index is 2.15. The van der Waals surface area contributed by atoms with Crippen LogP contribution in [0.1, 0.15) is 20.7 Å². The molecule has 2 N–H and O–H groups in total. The highest BCUT2D eigenvalue weighted by Crippen LogP contribution is 2.36. The maximum absolute atomic E-state index is 12.3. The molecule has 2 aromatic rings. The summed E-state index contributed by atoms with van der Waals surface area (Å²) in [5, 5.41) is 5.05. The molecule has 0 saturated heterocycles. The second-order valence-electron chi connectivity index (χ2n) is 4.65. The predicted molar refractivity (Wildman–Crippen MR) is 86.1 cm³/mol. The minimum Gasteiger partial charge on any atom is -0.355 e. The van der Waals surface area contributed by atoms with Crippen LogP contribution in [0.15, 0.2) is 53.4 Å². The first-order chi connectivity index (χ1) is 11.3. The summed E-state index contributed by atoms with van der Waals surface area (Å²) in [7, 11) is 1.47. The highest BCUT2D eigenvalue weighted by molar-refractivity contribution is 8.00. The molecule has 0 unspecified atom stereocenters. The number of thioether (sulfide) groups is 1. The Morgan fingerprint density at radius 3 is 2.17 bits per heavy atom. The van der Waals surface area contributed by atoms with Gasteiger partial charge < -0.3 is 10.6 Å². The molecule has 0 aliphatic heterocycles. The molecule has 2 rings (SSSR count). The van der Waals surface area contributed by atoms with Gasteiger partial charge in [0.15, 0.2) is 0 Å². The standard InChI is InChI=1S/C16H13F3N2O2S/c1-20-15(23)12-4-2-3-5-13(12)21-14(22)10-6-8-11(9-7-10)24-16(17,18)19/h2-9H,1H3,(H,20,23)(H,21,22). The van der Waals surface area contributed by atoms with E-state index in [1.54, 1.807) is 24.3 Å². The molecule has 126 valence electrons. The van der Waals surface area contributed by atoms with Crippen LogP contribution in [0.3, 0.4) is 0 Å². The van der Waals surface area contributed by atoms with Crippen molar-refractivity contribution in [2.45, 2.75) is 10.4 Å². The van der Waals surface area contributed by atoms with E-state index < -0.39 is 11.4 Å². The van der Waals surface area contributed by atoms with Crippen LogP contribution in [0.2, 0.25) is 0 Å². The first kappa shape index (κ1) is 17.9. The van der Waals surface area contributed by atoms with Gasteiger partial charge in [0.05, 0.1) is 11.3 Å². The van der Waals surface area contributed by atoms with Crippen molar-refractivity contribution >= 4 is 29.3 Å². The molecule has 0 spiro atoms. The quantitative estimate of drug-likeness (QED) is 0.819. The van der Waals surface area contributed by atoms with Gasteiger partial charge in [0.25, 0.3) is 11.8 Å². The first-order valence-electron chi connectivity index (χ1n) is 6.78. The van der Waals surface area contributed by atoms with Gasteiger partial charge in [0, 0.05) is 17.5 Å². The Kier molecular flexibility index (Phi) is 5.50. The van der Waals surface area contributed by atoms with Crippen LogP contribution in [0.5, 0.6) is 0 Å². The number of carbonyl (C=O) groups excluding carboxylic acids is 2. The third kappa shape index (κ3) is 4.76. The molecule has 0 aliphatic carbocycles. The topological polar surface area (TPSA) is 58.2 Å². The van der Waals surface area contributed by atoms with Gasteiger partial charge in [-0.3, -0.25) is 9.59 Å². The fraction of sp³-hybridized carbons (Fsp3) is 0.125. The van der Waals surface area contributed by atoms with E-state index in [9.17, 15) is 22.8 Å². The van der Waals surface area contributed by atoms with E-state index in [0.717, 1.165) is 0 Å². The van der Waals surface area contributed by atoms with Crippen molar-refractivity contribution in [1.82, 2.24) is 5.32 Å². The zero-order chi connectivity index (χ0) is 17.7. The second kappa shape index (κ2) is 7.39. The molecule has 0 radical (unpaired) electrons. The minimum atomic E-state index is -4.38. The number of halogens is 3. The van der Waals surface area contributed by atoms with E-state index in [0.29, 0.717) is 5.69 Å². The molecule has 0 bridgehead atoms. The highest BCUT2D eigenvalue weighted by Gasteiger charge is 2.29. The summed E-state index contributed by atoms with van der Waals surface area (Å²) in [6, 6.07) is 11.5. The Labute approximate surface area is 140 Å². The molecular weight excluding hydrogens is 341 g/mol. The largest absolute Gasteiger partial charge is 0.446 e. The zero-order valence-corrected chi connectivity index (χ0v) is 13.3. The fourth-order valence-corrected chi connectivity index (χ4v) is 2.47. The van der Waals surface area contributed by atoms with Crippen LogP contribution >= 0.6 is 11.8 Å². The summed E-state index contributed by atoms with van der Waals surface area (Å²) in [4.78, 5) is 24.0. The number of hydrogen-bond acceptors (Lipinski definition) is 3. The molecule has 0 atom stereocenters. The number of anilines is 1. The van der Waals surface area contributed by atoms with Crippen molar-refractivity contribution in [1.29, 1.82) is 0 Å². The maximum Gasteiger partial charge on any atom is 0.446 e. The maximum atomic E-state index is 12.3. The van der Waals surface area contributed by atoms with Crippen molar-refractivity contribution in [2.75, 3.05) is 12.4 Å². The average molecular weight is 354 g/mol. The average Bonchev–Trinajstić information content (AvgIpc) is 2.53. The van der Waals surface area contributed by atoms with E-state index in [2.05, 4.69) is 10.6 Å².